The molecule has 0 aliphatic heterocycles. The largest absolute Gasteiger partial charge is 0.495 e. The predicted molar refractivity (Wildman–Crippen MR) is 105 cm³/mol. The van der Waals surface area contributed by atoms with E-state index in [2.05, 4.69) is 15.6 Å². The molecular formula is C19H15Cl2N3O2. The summed E-state index contributed by atoms with van der Waals surface area (Å²) in [6.07, 6.45) is 1.55. The zero-order chi connectivity index (χ0) is 18.5. The van der Waals surface area contributed by atoms with Crippen LogP contribution in [-0.2, 0) is 0 Å². The highest BCUT2D eigenvalue weighted by Gasteiger charge is 2.11. The number of para-hydroxylation sites is 2. The Kier molecular flexibility index (Phi) is 5.61. The highest BCUT2D eigenvalue weighted by Crippen LogP contribution is 2.27. The minimum Gasteiger partial charge on any atom is -0.495 e. The minimum absolute atomic E-state index is 0.265. The molecule has 0 aliphatic carbocycles. The van der Waals surface area contributed by atoms with E-state index in [0.717, 1.165) is 5.69 Å². The van der Waals surface area contributed by atoms with Crippen molar-refractivity contribution in [2.24, 2.45) is 0 Å². The minimum atomic E-state index is -0.340. The number of amides is 1. The van der Waals surface area contributed by atoms with Crippen molar-refractivity contribution in [3.63, 3.8) is 0 Å². The molecule has 0 spiro atoms. The molecule has 0 radical (unpaired) electrons. The van der Waals surface area contributed by atoms with Crippen molar-refractivity contribution >= 4 is 46.2 Å². The highest BCUT2D eigenvalue weighted by molar-refractivity contribution is 6.42. The van der Waals surface area contributed by atoms with E-state index in [1.807, 2.05) is 12.1 Å². The second-order valence-corrected chi connectivity index (χ2v) is 6.15. The SMILES string of the molecule is COc1ccccc1NC(=O)c1cc(Nc2ccc(Cl)c(Cl)c2)ccn1. The topological polar surface area (TPSA) is 63.2 Å². The van der Waals surface area contributed by atoms with Crippen molar-refractivity contribution in [3.8, 4) is 5.75 Å². The highest BCUT2D eigenvalue weighted by atomic mass is 35.5. The number of methoxy groups -OCH3 is 1. The maximum atomic E-state index is 12.5. The van der Waals surface area contributed by atoms with Gasteiger partial charge in [-0.3, -0.25) is 9.78 Å². The Hall–Kier alpha value is -2.76. The standard InChI is InChI=1S/C19H15Cl2N3O2/c1-26-18-5-3-2-4-16(18)24-19(25)17-11-13(8-9-22-17)23-12-6-7-14(20)15(21)10-12/h2-11H,1H3,(H,22,23)(H,24,25). The third kappa shape index (κ3) is 4.25. The first-order valence-electron chi connectivity index (χ1n) is 7.69. The smallest absolute Gasteiger partial charge is 0.274 e. The number of anilines is 3. The first kappa shape index (κ1) is 18.0. The fourth-order valence-corrected chi connectivity index (χ4v) is 2.61. The summed E-state index contributed by atoms with van der Waals surface area (Å²) in [5.74, 6) is 0.234. The Morgan fingerprint density at radius 2 is 1.77 bits per heavy atom. The number of nitrogens with one attached hydrogen (secondary N) is 2. The molecule has 2 aromatic carbocycles. The molecule has 1 heterocycles. The van der Waals surface area contributed by atoms with Crippen LogP contribution in [-0.4, -0.2) is 18.0 Å². The quantitative estimate of drug-likeness (QED) is 0.615. The molecule has 0 saturated heterocycles. The van der Waals surface area contributed by atoms with Crippen LogP contribution in [0.4, 0.5) is 17.1 Å². The summed E-state index contributed by atoms with van der Waals surface area (Å²) in [6.45, 7) is 0. The van der Waals surface area contributed by atoms with Crippen molar-refractivity contribution in [1.29, 1.82) is 0 Å². The van der Waals surface area contributed by atoms with Crippen LogP contribution in [0.1, 0.15) is 10.5 Å². The number of nitrogens with zero attached hydrogens (tertiary/aromatic N) is 1. The fourth-order valence-electron chi connectivity index (χ4n) is 2.31. The summed E-state index contributed by atoms with van der Waals surface area (Å²) in [6, 6.07) is 15.8. The monoisotopic (exact) mass is 387 g/mol. The molecule has 5 nitrogen and oxygen atoms in total. The number of rotatable bonds is 5. The van der Waals surface area contributed by atoms with Gasteiger partial charge in [-0.2, -0.15) is 0 Å². The summed E-state index contributed by atoms with van der Waals surface area (Å²) in [4.78, 5) is 16.6. The van der Waals surface area contributed by atoms with Crippen LogP contribution in [0.2, 0.25) is 10.0 Å². The van der Waals surface area contributed by atoms with Crippen molar-refractivity contribution < 1.29 is 9.53 Å². The van der Waals surface area contributed by atoms with Crippen LogP contribution in [0.5, 0.6) is 5.75 Å². The molecule has 1 aromatic heterocycles. The second-order valence-electron chi connectivity index (χ2n) is 5.34. The van der Waals surface area contributed by atoms with Gasteiger partial charge in [0.05, 0.1) is 22.8 Å². The molecule has 0 fully saturated rings. The zero-order valence-electron chi connectivity index (χ0n) is 13.8. The van der Waals surface area contributed by atoms with Crippen LogP contribution in [0.15, 0.2) is 60.8 Å². The van der Waals surface area contributed by atoms with E-state index in [1.54, 1.807) is 55.8 Å². The van der Waals surface area contributed by atoms with Crippen LogP contribution in [0, 0.1) is 0 Å². The first-order chi connectivity index (χ1) is 12.6. The van der Waals surface area contributed by atoms with Crippen LogP contribution >= 0.6 is 23.2 Å². The number of hydrogen-bond acceptors (Lipinski definition) is 4. The molecule has 26 heavy (non-hydrogen) atoms. The number of pyridine rings is 1. The van der Waals surface area contributed by atoms with Gasteiger partial charge < -0.3 is 15.4 Å². The van der Waals surface area contributed by atoms with Crippen molar-refractivity contribution in [2.75, 3.05) is 17.7 Å². The zero-order valence-corrected chi connectivity index (χ0v) is 15.3. The Balaban J connectivity index is 1.78. The first-order valence-corrected chi connectivity index (χ1v) is 8.45. The normalized spacial score (nSPS) is 10.3. The van der Waals surface area contributed by atoms with Gasteiger partial charge in [0, 0.05) is 17.6 Å². The third-order valence-electron chi connectivity index (χ3n) is 3.56. The van der Waals surface area contributed by atoms with Gasteiger partial charge in [-0.05, 0) is 42.5 Å². The van der Waals surface area contributed by atoms with Gasteiger partial charge in [-0.1, -0.05) is 35.3 Å². The number of benzene rings is 2. The van der Waals surface area contributed by atoms with E-state index in [9.17, 15) is 4.79 Å². The summed E-state index contributed by atoms with van der Waals surface area (Å²) < 4.78 is 5.23. The van der Waals surface area contributed by atoms with E-state index in [0.29, 0.717) is 27.2 Å². The van der Waals surface area contributed by atoms with Gasteiger partial charge in [0.2, 0.25) is 0 Å². The average molecular weight is 388 g/mol. The number of carbonyl (C=O) groups excluding carboxylic acids is 1. The number of hydrogen-bond donors (Lipinski definition) is 2. The number of halogens is 2. The van der Waals surface area contributed by atoms with Gasteiger partial charge in [0.15, 0.2) is 0 Å². The van der Waals surface area contributed by atoms with E-state index in [1.165, 1.54) is 0 Å². The van der Waals surface area contributed by atoms with Gasteiger partial charge in [-0.25, -0.2) is 0 Å². The summed E-state index contributed by atoms with van der Waals surface area (Å²) in [7, 11) is 1.55. The number of aromatic nitrogens is 1. The van der Waals surface area contributed by atoms with Crippen molar-refractivity contribution in [1.82, 2.24) is 4.98 Å². The van der Waals surface area contributed by atoms with Crippen molar-refractivity contribution in [3.05, 3.63) is 76.5 Å². The van der Waals surface area contributed by atoms with E-state index in [4.69, 9.17) is 27.9 Å². The van der Waals surface area contributed by atoms with Crippen LogP contribution in [0.25, 0.3) is 0 Å². The Morgan fingerprint density at radius 1 is 1.00 bits per heavy atom. The maximum Gasteiger partial charge on any atom is 0.274 e. The molecule has 2 N–H and O–H groups in total. The molecule has 3 rings (SSSR count). The predicted octanol–water partition coefficient (Wildman–Crippen LogP) is 5.39. The van der Waals surface area contributed by atoms with E-state index >= 15 is 0 Å². The third-order valence-corrected chi connectivity index (χ3v) is 4.30. The molecule has 1 amide bonds. The van der Waals surface area contributed by atoms with Crippen molar-refractivity contribution in [2.45, 2.75) is 0 Å². The molecule has 0 bridgehead atoms. The summed E-state index contributed by atoms with van der Waals surface area (Å²) >= 11 is 11.9. The van der Waals surface area contributed by atoms with Crippen LogP contribution in [0.3, 0.4) is 0 Å². The molecule has 0 aliphatic rings. The Labute approximate surface area is 160 Å². The van der Waals surface area contributed by atoms with Gasteiger partial charge in [-0.15, -0.1) is 0 Å². The molecule has 0 unspecified atom stereocenters. The molecule has 0 atom stereocenters. The molecule has 132 valence electrons. The van der Waals surface area contributed by atoms with Crippen LogP contribution < -0.4 is 15.4 Å². The Bertz CT molecular complexity index is 948. The summed E-state index contributed by atoms with van der Waals surface area (Å²) in [5, 5.41) is 6.88. The fraction of sp³-hybridized carbons (Fsp3) is 0.0526. The number of ether oxygens (including phenoxy) is 1. The van der Waals surface area contributed by atoms with E-state index in [-0.39, 0.29) is 11.6 Å². The van der Waals surface area contributed by atoms with Gasteiger partial charge in [0.1, 0.15) is 11.4 Å². The van der Waals surface area contributed by atoms with Gasteiger partial charge in [0.25, 0.3) is 5.91 Å². The van der Waals surface area contributed by atoms with E-state index < -0.39 is 0 Å². The lowest BCUT2D eigenvalue weighted by molar-refractivity contribution is 0.102. The maximum absolute atomic E-state index is 12.5. The molecule has 0 saturated carbocycles. The second kappa shape index (κ2) is 8.08. The number of carbonyl (C=O) groups is 1. The van der Waals surface area contributed by atoms with Gasteiger partial charge >= 0.3 is 0 Å². The molecule has 7 heteroatoms. The average Bonchev–Trinajstić information content (AvgIpc) is 2.65. The molecule has 3 aromatic rings. The lowest BCUT2D eigenvalue weighted by atomic mass is 10.2. The summed E-state index contributed by atoms with van der Waals surface area (Å²) in [5.41, 5.74) is 2.29. The lowest BCUT2D eigenvalue weighted by Crippen LogP contribution is -2.14. The molecular weight excluding hydrogens is 373 g/mol. The Morgan fingerprint density at radius 3 is 2.54 bits per heavy atom. The lowest BCUT2D eigenvalue weighted by Gasteiger charge is -2.11.